The van der Waals surface area contributed by atoms with Crippen molar-refractivity contribution >= 4 is 11.8 Å². The molecule has 1 aliphatic heterocycles. The van der Waals surface area contributed by atoms with Crippen LogP contribution in [0.15, 0.2) is 0 Å². The van der Waals surface area contributed by atoms with Gasteiger partial charge in [0.2, 0.25) is 11.8 Å². The van der Waals surface area contributed by atoms with Gasteiger partial charge in [0.15, 0.2) is 0 Å². The zero-order valence-corrected chi connectivity index (χ0v) is 11.6. The highest BCUT2D eigenvalue weighted by Gasteiger charge is 2.40. The number of nitrogens with zero attached hydrogens (tertiary/aromatic N) is 1. The molecule has 0 spiro atoms. The number of nitrogens with two attached hydrogens (primary N) is 1. The van der Waals surface area contributed by atoms with Crippen molar-refractivity contribution in [3.63, 3.8) is 0 Å². The number of likely N-dealkylation sites (N-methyl/N-ethyl adjacent to an activating group) is 1. The summed E-state index contributed by atoms with van der Waals surface area (Å²) in [7, 11) is 1.65. The summed E-state index contributed by atoms with van der Waals surface area (Å²) < 4.78 is 0. The highest BCUT2D eigenvalue weighted by atomic mass is 16.2. The van der Waals surface area contributed by atoms with Gasteiger partial charge in [0, 0.05) is 26.2 Å². The third-order valence-electron chi connectivity index (χ3n) is 4.27. The number of nitrogens with one attached hydrogen (secondary N) is 2. The van der Waals surface area contributed by atoms with Crippen LogP contribution in [0.2, 0.25) is 0 Å². The minimum absolute atomic E-state index is 0.00324. The lowest BCUT2D eigenvalue weighted by Crippen LogP contribution is -2.61. The number of rotatable bonds is 4. The van der Waals surface area contributed by atoms with Gasteiger partial charge in [-0.25, -0.2) is 0 Å². The normalized spacial score (nSPS) is 23.5. The molecule has 1 saturated carbocycles. The van der Waals surface area contributed by atoms with E-state index in [1.54, 1.807) is 7.05 Å². The molecule has 6 nitrogen and oxygen atoms in total. The fourth-order valence-electron chi connectivity index (χ4n) is 2.63. The molecule has 2 fully saturated rings. The van der Waals surface area contributed by atoms with Gasteiger partial charge in [-0.1, -0.05) is 0 Å². The number of hydrogen-bond acceptors (Lipinski definition) is 4. The van der Waals surface area contributed by atoms with Crippen molar-refractivity contribution in [1.29, 1.82) is 0 Å². The van der Waals surface area contributed by atoms with Gasteiger partial charge in [0.05, 0.1) is 12.1 Å². The second-order valence-electron chi connectivity index (χ2n) is 5.71. The van der Waals surface area contributed by atoms with Crippen molar-refractivity contribution in [3.05, 3.63) is 0 Å². The molecule has 1 heterocycles. The van der Waals surface area contributed by atoms with Crippen molar-refractivity contribution in [1.82, 2.24) is 15.5 Å². The Morgan fingerprint density at radius 3 is 2.42 bits per heavy atom. The molecule has 0 aromatic rings. The molecule has 2 aliphatic rings. The van der Waals surface area contributed by atoms with Crippen LogP contribution in [0.25, 0.3) is 0 Å². The third kappa shape index (κ3) is 3.45. The lowest BCUT2D eigenvalue weighted by molar-refractivity contribution is -0.130. The Kier molecular flexibility index (Phi) is 4.42. The molecule has 0 radical (unpaired) electrons. The van der Waals surface area contributed by atoms with Crippen molar-refractivity contribution < 1.29 is 9.59 Å². The molecule has 4 N–H and O–H groups in total. The SMILES string of the molecule is CNC(=O)CN1CCC(NC(=O)C2(N)CCC2)CC1. The monoisotopic (exact) mass is 268 g/mol. The first kappa shape index (κ1) is 14.3. The number of piperidine rings is 1. The van der Waals surface area contributed by atoms with Crippen LogP contribution in [-0.4, -0.2) is 55.0 Å². The minimum Gasteiger partial charge on any atom is -0.358 e. The number of carbonyl (C=O) groups excluding carboxylic acids is 2. The molecule has 0 aromatic carbocycles. The fourth-order valence-corrected chi connectivity index (χ4v) is 2.63. The maximum atomic E-state index is 12.0. The zero-order valence-electron chi connectivity index (χ0n) is 11.6. The van der Waals surface area contributed by atoms with Gasteiger partial charge in [0.1, 0.15) is 0 Å². The van der Waals surface area contributed by atoms with Gasteiger partial charge in [-0.2, -0.15) is 0 Å². The largest absolute Gasteiger partial charge is 0.358 e. The van der Waals surface area contributed by atoms with Crippen LogP contribution >= 0.6 is 0 Å². The Balaban J connectivity index is 1.71. The van der Waals surface area contributed by atoms with E-state index in [0.717, 1.165) is 45.2 Å². The van der Waals surface area contributed by atoms with Gasteiger partial charge in [-0.3, -0.25) is 14.5 Å². The van der Waals surface area contributed by atoms with Gasteiger partial charge in [0.25, 0.3) is 0 Å². The molecule has 108 valence electrons. The van der Waals surface area contributed by atoms with E-state index in [2.05, 4.69) is 15.5 Å². The van der Waals surface area contributed by atoms with Gasteiger partial charge in [-0.15, -0.1) is 0 Å². The van der Waals surface area contributed by atoms with E-state index in [0.29, 0.717) is 6.54 Å². The average Bonchev–Trinajstić information content (AvgIpc) is 2.38. The number of likely N-dealkylation sites (tertiary alicyclic amines) is 1. The first-order valence-electron chi connectivity index (χ1n) is 7.06. The molecule has 1 aliphatic carbocycles. The van der Waals surface area contributed by atoms with Crippen LogP contribution in [0.4, 0.5) is 0 Å². The molecule has 6 heteroatoms. The number of hydrogen-bond donors (Lipinski definition) is 3. The van der Waals surface area contributed by atoms with Crippen LogP contribution in [-0.2, 0) is 9.59 Å². The fraction of sp³-hybridized carbons (Fsp3) is 0.846. The first-order chi connectivity index (χ1) is 9.03. The summed E-state index contributed by atoms with van der Waals surface area (Å²) >= 11 is 0. The smallest absolute Gasteiger partial charge is 0.240 e. The Morgan fingerprint density at radius 2 is 1.95 bits per heavy atom. The van der Waals surface area contributed by atoms with E-state index < -0.39 is 5.54 Å². The molecule has 19 heavy (non-hydrogen) atoms. The van der Waals surface area contributed by atoms with Crippen molar-refractivity contribution in [3.8, 4) is 0 Å². The van der Waals surface area contributed by atoms with Crippen LogP contribution in [0, 0.1) is 0 Å². The van der Waals surface area contributed by atoms with Gasteiger partial charge in [-0.05, 0) is 32.1 Å². The summed E-state index contributed by atoms with van der Waals surface area (Å²) in [4.78, 5) is 25.4. The average molecular weight is 268 g/mol. The summed E-state index contributed by atoms with van der Waals surface area (Å²) in [6.07, 6.45) is 4.43. The molecule has 2 rings (SSSR count). The summed E-state index contributed by atoms with van der Waals surface area (Å²) in [5, 5.41) is 5.68. The van der Waals surface area contributed by atoms with E-state index >= 15 is 0 Å². The Hall–Kier alpha value is -1.14. The summed E-state index contributed by atoms with van der Waals surface area (Å²) in [6, 6.07) is 0.203. The third-order valence-corrected chi connectivity index (χ3v) is 4.27. The zero-order chi connectivity index (χ0) is 13.9. The van der Waals surface area contributed by atoms with Crippen LogP contribution < -0.4 is 16.4 Å². The molecule has 1 saturated heterocycles. The predicted octanol–water partition coefficient (Wildman–Crippen LogP) is -0.806. The lowest BCUT2D eigenvalue weighted by atomic mass is 9.77. The van der Waals surface area contributed by atoms with E-state index in [1.807, 2.05) is 0 Å². The summed E-state index contributed by atoms with van der Waals surface area (Å²) in [5.41, 5.74) is 5.39. The van der Waals surface area contributed by atoms with E-state index in [4.69, 9.17) is 5.73 Å². The second kappa shape index (κ2) is 5.88. The number of amides is 2. The standard InChI is InChI=1S/C13H24N4O2/c1-15-11(18)9-17-7-3-10(4-8-17)16-12(19)13(14)5-2-6-13/h10H,2-9,14H2,1H3,(H,15,18)(H,16,19). The maximum Gasteiger partial charge on any atom is 0.240 e. The Bertz CT molecular complexity index is 347. The predicted molar refractivity (Wildman–Crippen MR) is 72.4 cm³/mol. The molecule has 0 unspecified atom stereocenters. The van der Waals surface area contributed by atoms with Crippen molar-refractivity contribution in [2.75, 3.05) is 26.7 Å². The summed E-state index contributed by atoms with van der Waals surface area (Å²) in [6.45, 7) is 2.13. The van der Waals surface area contributed by atoms with E-state index in [9.17, 15) is 9.59 Å². The van der Waals surface area contributed by atoms with E-state index in [1.165, 1.54) is 0 Å². The Morgan fingerprint density at radius 1 is 1.32 bits per heavy atom. The molecule has 0 atom stereocenters. The molecule has 0 aromatic heterocycles. The highest BCUT2D eigenvalue weighted by molar-refractivity contribution is 5.87. The lowest BCUT2D eigenvalue weighted by Gasteiger charge is -2.39. The van der Waals surface area contributed by atoms with Gasteiger partial charge >= 0.3 is 0 Å². The van der Waals surface area contributed by atoms with Crippen LogP contribution in [0.3, 0.4) is 0 Å². The van der Waals surface area contributed by atoms with Crippen molar-refractivity contribution in [2.45, 2.75) is 43.7 Å². The maximum absolute atomic E-state index is 12.0. The van der Waals surface area contributed by atoms with Crippen molar-refractivity contribution in [2.24, 2.45) is 5.73 Å². The summed E-state index contributed by atoms with van der Waals surface area (Å²) in [5.74, 6) is 0.0429. The van der Waals surface area contributed by atoms with E-state index in [-0.39, 0.29) is 17.9 Å². The molecular formula is C13H24N4O2. The highest BCUT2D eigenvalue weighted by Crippen LogP contribution is 2.29. The van der Waals surface area contributed by atoms with Crippen LogP contribution in [0.5, 0.6) is 0 Å². The topological polar surface area (TPSA) is 87.5 Å². The minimum atomic E-state index is -0.612. The van der Waals surface area contributed by atoms with Crippen LogP contribution in [0.1, 0.15) is 32.1 Å². The first-order valence-corrected chi connectivity index (χ1v) is 7.06. The quantitative estimate of drug-likeness (QED) is 0.622. The number of carbonyl (C=O) groups is 2. The molecule has 0 bridgehead atoms. The van der Waals surface area contributed by atoms with Gasteiger partial charge < -0.3 is 16.4 Å². The second-order valence-corrected chi connectivity index (χ2v) is 5.71. The molecule has 2 amide bonds. The Labute approximate surface area is 114 Å². The molecular weight excluding hydrogens is 244 g/mol.